The number of hydrogen-bond donors (Lipinski definition) is 0. The van der Waals surface area contributed by atoms with Crippen LogP contribution in [-0.2, 0) is 9.53 Å². The number of carbonyl (C=O) groups is 1. The molecule has 74 valence electrons. The Balaban J connectivity index is 2.07. The second-order valence-electron chi connectivity index (χ2n) is 3.49. The maximum Gasteiger partial charge on any atom is 0.311 e. The molecule has 1 heterocycles. The van der Waals surface area contributed by atoms with Gasteiger partial charge in [0.15, 0.2) is 0 Å². The van der Waals surface area contributed by atoms with E-state index in [4.69, 9.17) is 4.74 Å². The van der Waals surface area contributed by atoms with Crippen molar-refractivity contribution in [2.24, 2.45) is 0 Å². The Morgan fingerprint density at radius 3 is 2.77 bits per heavy atom. The van der Waals surface area contributed by atoms with Crippen LogP contribution in [0.25, 0.3) is 0 Å². The van der Waals surface area contributed by atoms with Gasteiger partial charge in [-0.05, 0) is 18.9 Å². The van der Waals surface area contributed by atoms with Crippen LogP contribution in [0.15, 0.2) is 11.8 Å². The van der Waals surface area contributed by atoms with Crippen LogP contribution >= 0.6 is 0 Å². The molecule has 0 aromatic heterocycles. The van der Waals surface area contributed by atoms with Gasteiger partial charge in [-0.25, -0.2) is 0 Å². The molecule has 2 nitrogen and oxygen atoms in total. The second-order valence-corrected chi connectivity index (χ2v) is 3.49. The van der Waals surface area contributed by atoms with Crippen molar-refractivity contribution in [2.75, 3.05) is 0 Å². The van der Waals surface area contributed by atoms with Gasteiger partial charge < -0.3 is 4.74 Å². The van der Waals surface area contributed by atoms with Gasteiger partial charge in [0.05, 0.1) is 6.42 Å². The average Bonchev–Trinajstić information content (AvgIpc) is 2.51. The van der Waals surface area contributed by atoms with Crippen molar-refractivity contribution in [1.29, 1.82) is 0 Å². The van der Waals surface area contributed by atoms with Crippen molar-refractivity contribution in [3.05, 3.63) is 11.8 Å². The van der Waals surface area contributed by atoms with E-state index >= 15 is 0 Å². The average molecular weight is 182 g/mol. The highest BCUT2D eigenvalue weighted by atomic mass is 16.5. The summed E-state index contributed by atoms with van der Waals surface area (Å²) in [5.74, 6) is 0.821. The Hall–Kier alpha value is -0.790. The summed E-state index contributed by atoms with van der Waals surface area (Å²) in [7, 11) is 0. The molecule has 0 unspecified atom stereocenters. The van der Waals surface area contributed by atoms with Gasteiger partial charge in [0.1, 0.15) is 5.76 Å². The topological polar surface area (TPSA) is 26.3 Å². The van der Waals surface area contributed by atoms with E-state index in [-0.39, 0.29) is 5.97 Å². The zero-order valence-electron chi connectivity index (χ0n) is 8.34. The molecule has 0 bridgehead atoms. The predicted molar refractivity (Wildman–Crippen MR) is 52.2 cm³/mol. The lowest BCUT2D eigenvalue weighted by molar-refractivity contribution is -0.135. The van der Waals surface area contributed by atoms with Crippen LogP contribution in [0.3, 0.4) is 0 Å². The van der Waals surface area contributed by atoms with Gasteiger partial charge >= 0.3 is 5.97 Å². The number of ether oxygens (including phenoxy) is 1. The minimum atomic E-state index is -0.0696. The lowest BCUT2D eigenvalue weighted by Crippen LogP contribution is -1.89. The SMILES string of the molecule is CCCCCCC=C1CCC(=O)O1. The Morgan fingerprint density at radius 2 is 2.15 bits per heavy atom. The molecule has 0 aromatic rings. The number of allylic oxidation sites excluding steroid dienone is 2. The molecule has 0 amide bonds. The van der Waals surface area contributed by atoms with E-state index < -0.39 is 0 Å². The summed E-state index contributed by atoms with van der Waals surface area (Å²) in [5, 5.41) is 0. The number of esters is 1. The van der Waals surface area contributed by atoms with Crippen LogP contribution in [0, 0.1) is 0 Å². The fourth-order valence-corrected chi connectivity index (χ4v) is 1.45. The van der Waals surface area contributed by atoms with E-state index in [1.54, 1.807) is 0 Å². The van der Waals surface area contributed by atoms with Crippen molar-refractivity contribution in [3.63, 3.8) is 0 Å². The van der Waals surface area contributed by atoms with E-state index in [1.165, 1.54) is 25.7 Å². The third-order valence-corrected chi connectivity index (χ3v) is 2.25. The standard InChI is InChI=1S/C11H18O2/c1-2-3-4-5-6-7-10-8-9-11(12)13-10/h7H,2-6,8-9H2,1H3. The first-order valence-corrected chi connectivity index (χ1v) is 5.22. The first kappa shape index (κ1) is 10.3. The van der Waals surface area contributed by atoms with Crippen molar-refractivity contribution in [1.82, 2.24) is 0 Å². The quantitative estimate of drug-likeness (QED) is 0.482. The van der Waals surface area contributed by atoms with Crippen LogP contribution in [-0.4, -0.2) is 5.97 Å². The highest BCUT2D eigenvalue weighted by Gasteiger charge is 2.15. The molecule has 0 radical (unpaired) electrons. The number of carbonyl (C=O) groups excluding carboxylic acids is 1. The molecule has 0 spiro atoms. The normalized spacial score (nSPS) is 19.5. The van der Waals surface area contributed by atoms with Gasteiger partial charge in [0.25, 0.3) is 0 Å². The predicted octanol–water partition coefficient (Wildman–Crippen LogP) is 3.18. The van der Waals surface area contributed by atoms with Gasteiger partial charge in [-0.15, -0.1) is 0 Å². The van der Waals surface area contributed by atoms with Crippen molar-refractivity contribution >= 4 is 5.97 Å². The summed E-state index contributed by atoms with van der Waals surface area (Å²) in [6.45, 7) is 2.21. The smallest absolute Gasteiger partial charge is 0.311 e. The lowest BCUT2D eigenvalue weighted by atomic mass is 10.1. The summed E-state index contributed by atoms with van der Waals surface area (Å²) in [5.41, 5.74) is 0. The highest BCUT2D eigenvalue weighted by Crippen LogP contribution is 2.18. The largest absolute Gasteiger partial charge is 0.431 e. The van der Waals surface area contributed by atoms with E-state index in [2.05, 4.69) is 13.0 Å². The summed E-state index contributed by atoms with van der Waals surface area (Å²) in [6, 6.07) is 0. The van der Waals surface area contributed by atoms with Gasteiger partial charge in [-0.3, -0.25) is 4.79 Å². The molecule has 13 heavy (non-hydrogen) atoms. The molecular weight excluding hydrogens is 164 g/mol. The molecule has 1 aliphatic rings. The number of rotatable bonds is 5. The van der Waals surface area contributed by atoms with Crippen LogP contribution in [0.4, 0.5) is 0 Å². The van der Waals surface area contributed by atoms with Crippen LogP contribution in [0.5, 0.6) is 0 Å². The summed E-state index contributed by atoms with van der Waals surface area (Å²) < 4.78 is 4.99. The zero-order chi connectivity index (χ0) is 9.52. The monoisotopic (exact) mass is 182 g/mol. The zero-order valence-corrected chi connectivity index (χ0v) is 8.34. The minimum Gasteiger partial charge on any atom is -0.431 e. The Bertz CT molecular complexity index is 194. The first-order chi connectivity index (χ1) is 6.33. The molecule has 0 saturated carbocycles. The molecule has 0 aromatic carbocycles. The fraction of sp³-hybridized carbons (Fsp3) is 0.727. The van der Waals surface area contributed by atoms with Gasteiger partial charge in [-0.2, -0.15) is 0 Å². The van der Waals surface area contributed by atoms with E-state index in [9.17, 15) is 4.79 Å². The fourth-order valence-electron chi connectivity index (χ4n) is 1.45. The molecule has 1 rings (SSSR count). The second kappa shape index (κ2) is 5.79. The van der Waals surface area contributed by atoms with Gasteiger partial charge in [0.2, 0.25) is 0 Å². The number of hydrogen-bond acceptors (Lipinski definition) is 2. The molecule has 0 aliphatic carbocycles. The summed E-state index contributed by atoms with van der Waals surface area (Å²) >= 11 is 0. The molecule has 1 fully saturated rings. The summed E-state index contributed by atoms with van der Waals surface area (Å²) in [6.07, 6.45) is 9.59. The van der Waals surface area contributed by atoms with Crippen molar-refractivity contribution in [2.45, 2.75) is 51.9 Å². The molecule has 1 saturated heterocycles. The lowest BCUT2D eigenvalue weighted by Gasteiger charge is -1.97. The molecule has 0 atom stereocenters. The van der Waals surface area contributed by atoms with Crippen LogP contribution in [0.1, 0.15) is 51.9 Å². The van der Waals surface area contributed by atoms with Crippen LogP contribution in [0.2, 0.25) is 0 Å². The third kappa shape index (κ3) is 4.11. The van der Waals surface area contributed by atoms with E-state index in [1.807, 2.05) is 0 Å². The van der Waals surface area contributed by atoms with Crippen molar-refractivity contribution < 1.29 is 9.53 Å². The molecule has 1 aliphatic heterocycles. The third-order valence-electron chi connectivity index (χ3n) is 2.25. The molecular formula is C11H18O2. The molecule has 0 N–H and O–H groups in total. The first-order valence-electron chi connectivity index (χ1n) is 5.22. The Labute approximate surface area is 80.0 Å². The maximum atomic E-state index is 10.7. The maximum absolute atomic E-state index is 10.7. The van der Waals surface area contributed by atoms with Crippen LogP contribution < -0.4 is 0 Å². The van der Waals surface area contributed by atoms with E-state index in [0.717, 1.165) is 18.6 Å². The van der Waals surface area contributed by atoms with Crippen molar-refractivity contribution in [3.8, 4) is 0 Å². The summed E-state index contributed by atoms with van der Waals surface area (Å²) in [4.78, 5) is 10.7. The Kier molecular flexibility index (Phi) is 4.58. The van der Waals surface area contributed by atoms with Gasteiger partial charge in [0, 0.05) is 6.42 Å². The number of unbranched alkanes of at least 4 members (excludes halogenated alkanes) is 4. The molecule has 2 heteroatoms. The van der Waals surface area contributed by atoms with Gasteiger partial charge in [-0.1, -0.05) is 26.2 Å². The highest BCUT2D eigenvalue weighted by molar-refractivity contribution is 5.73. The van der Waals surface area contributed by atoms with E-state index in [0.29, 0.717) is 6.42 Å². The Morgan fingerprint density at radius 1 is 1.31 bits per heavy atom. The number of cyclic esters (lactones) is 1. The minimum absolute atomic E-state index is 0.0696.